The Morgan fingerprint density at radius 1 is 1.09 bits per heavy atom. The number of ether oxygens (including phenoxy) is 2. The van der Waals surface area contributed by atoms with Crippen LogP contribution in [-0.2, 0) is 4.79 Å². The summed E-state index contributed by atoms with van der Waals surface area (Å²) >= 11 is 1.23. The second-order valence-electron chi connectivity index (χ2n) is 6.52. The molecular weight excluding hydrogens is 432 g/mol. The molecule has 2 heterocycles. The van der Waals surface area contributed by atoms with Crippen molar-refractivity contribution in [1.82, 2.24) is 24.9 Å². The lowest BCUT2D eigenvalue weighted by Gasteiger charge is -2.13. The Balaban J connectivity index is 1.65. The summed E-state index contributed by atoms with van der Waals surface area (Å²) < 4.78 is 17.6. The maximum Gasteiger partial charge on any atom is 0.328 e. The standard InChI is InChI=1S/C21H20N6O4S/c1-13-22-20(31-26-13)23-18(28)12-32-21-25-24-19(16-6-4-5-7-17(16)30-3)27(21)14-8-10-15(29-2)11-9-14/h4-11H,12H2,1-3H3,(H,22,23,26,28). The van der Waals surface area contributed by atoms with Gasteiger partial charge in [0.1, 0.15) is 11.5 Å². The molecule has 0 unspecified atom stereocenters. The number of hydrogen-bond donors (Lipinski definition) is 1. The zero-order valence-corrected chi connectivity index (χ0v) is 18.4. The van der Waals surface area contributed by atoms with Crippen LogP contribution >= 0.6 is 11.8 Å². The van der Waals surface area contributed by atoms with E-state index in [-0.39, 0.29) is 17.7 Å². The van der Waals surface area contributed by atoms with Crippen molar-refractivity contribution in [2.24, 2.45) is 0 Å². The van der Waals surface area contributed by atoms with Crippen molar-refractivity contribution in [1.29, 1.82) is 0 Å². The molecule has 32 heavy (non-hydrogen) atoms. The van der Waals surface area contributed by atoms with Gasteiger partial charge in [-0.2, -0.15) is 4.98 Å². The lowest BCUT2D eigenvalue weighted by atomic mass is 10.2. The van der Waals surface area contributed by atoms with Crippen LogP contribution in [0.4, 0.5) is 6.01 Å². The number of carbonyl (C=O) groups excluding carboxylic acids is 1. The average molecular weight is 452 g/mol. The van der Waals surface area contributed by atoms with Crippen LogP contribution in [0.2, 0.25) is 0 Å². The number of anilines is 1. The van der Waals surface area contributed by atoms with Crippen molar-refractivity contribution < 1.29 is 18.8 Å². The van der Waals surface area contributed by atoms with Gasteiger partial charge in [0.2, 0.25) is 5.91 Å². The van der Waals surface area contributed by atoms with Gasteiger partial charge < -0.3 is 14.0 Å². The van der Waals surface area contributed by atoms with Crippen LogP contribution in [0.25, 0.3) is 17.1 Å². The predicted molar refractivity (Wildman–Crippen MR) is 118 cm³/mol. The average Bonchev–Trinajstić information content (AvgIpc) is 3.43. The first-order valence-corrected chi connectivity index (χ1v) is 10.5. The summed E-state index contributed by atoms with van der Waals surface area (Å²) in [5, 5.41) is 15.5. The van der Waals surface area contributed by atoms with Crippen LogP contribution < -0.4 is 14.8 Å². The van der Waals surface area contributed by atoms with E-state index in [1.807, 2.05) is 53.1 Å². The first-order chi connectivity index (χ1) is 15.6. The third-order valence-electron chi connectivity index (χ3n) is 4.42. The number of carbonyl (C=O) groups is 1. The minimum absolute atomic E-state index is 0.0550. The Hall–Kier alpha value is -3.86. The molecule has 0 radical (unpaired) electrons. The number of thioether (sulfide) groups is 1. The van der Waals surface area contributed by atoms with Crippen LogP contribution in [0.5, 0.6) is 11.5 Å². The monoisotopic (exact) mass is 452 g/mol. The molecular formula is C21H20N6O4S. The van der Waals surface area contributed by atoms with E-state index in [2.05, 4.69) is 25.7 Å². The highest BCUT2D eigenvalue weighted by molar-refractivity contribution is 7.99. The smallest absolute Gasteiger partial charge is 0.328 e. The van der Waals surface area contributed by atoms with Crippen LogP contribution in [-0.4, -0.2) is 50.8 Å². The highest BCUT2D eigenvalue weighted by Crippen LogP contribution is 2.33. The zero-order valence-electron chi connectivity index (χ0n) is 17.6. The first kappa shape index (κ1) is 21.4. The first-order valence-electron chi connectivity index (χ1n) is 9.55. The van der Waals surface area contributed by atoms with E-state index >= 15 is 0 Å². The molecule has 1 amide bonds. The fourth-order valence-corrected chi connectivity index (χ4v) is 3.72. The Morgan fingerprint density at radius 3 is 2.56 bits per heavy atom. The van der Waals surface area contributed by atoms with Gasteiger partial charge in [0.15, 0.2) is 16.8 Å². The molecule has 0 aliphatic carbocycles. The summed E-state index contributed by atoms with van der Waals surface area (Å²) in [6.45, 7) is 1.67. The van der Waals surface area contributed by atoms with E-state index in [4.69, 9.17) is 14.0 Å². The normalized spacial score (nSPS) is 10.7. The van der Waals surface area contributed by atoms with Crippen LogP contribution in [0, 0.1) is 6.92 Å². The number of amides is 1. The minimum atomic E-state index is -0.304. The minimum Gasteiger partial charge on any atom is -0.497 e. The van der Waals surface area contributed by atoms with Gasteiger partial charge in [-0.15, -0.1) is 10.2 Å². The van der Waals surface area contributed by atoms with Crippen LogP contribution in [0.15, 0.2) is 58.2 Å². The van der Waals surface area contributed by atoms with Gasteiger partial charge >= 0.3 is 6.01 Å². The Kier molecular flexibility index (Phi) is 6.36. The highest BCUT2D eigenvalue weighted by Gasteiger charge is 2.20. The third kappa shape index (κ3) is 4.57. The fourth-order valence-electron chi connectivity index (χ4n) is 2.96. The number of nitrogens with zero attached hydrogens (tertiary/aromatic N) is 5. The zero-order chi connectivity index (χ0) is 22.5. The van der Waals surface area contributed by atoms with Crippen molar-refractivity contribution in [2.45, 2.75) is 12.1 Å². The molecule has 4 rings (SSSR count). The molecule has 0 aliphatic heterocycles. The van der Waals surface area contributed by atoms with E-state index in [1.165, 1.54) is 11.8 Å². The van der Waals surface area contributed by atoms with Gasteiger partial charge in [-0.05, 0) is 43.3 Å². The molecule has 0 aliphatic rings. The van der Waals surface area contributed by atoms with E-state index < -0.39 is 0 Å². The molecule has 0 saturated carbocycles. The van der Waals surface area contributed by atoms with Gasteiger partial charge in [0, 0.05) is 0 Å². The second-order valence-corrected chi connectivity index (χ2v) is 7.47. The van der Waals surface area contributed by atoms with Crippen molar-refractivity contribution in [3.05, 3.63) is 54.4 Å². The summed E-state index contributed by atoms with van der Waals surface area (Å²) in [6, 6.07) is 15.1. The number of benzene rings is 2. The number of para-hydroxylation sites is 1. The van der Waals surface area contributed by atoms with Crippen LogP contribution in [0.1, 0.15) is 5.82 Å². The molecule has 1 N–H and O–H groups in total. The Morgan fingerprint density at radius 2 is 1.88 bits per heavy atom. The van der Waals surface area contributed by atoms with E-state index in [9.17, 15) is 4.79 Å². The number of methoxy groups -OCH3 is 2. The molecule has 2 aromatic carbocycles. The second kappa shape index (κ2) is 9.52. The van der Waals surface area contributed by atoms with Gasteiger partial charge in [0.25, 0.3) is 0 Å². The molecule has 0 saturated heterocycles. The summed E-state index contributed by atoms with van der Waals surface area (Å²) in [4.78, 5) is 16.3. The molecule has 10 nitrogen and oxygen atoms in total. The third-order valence-corrected chi connectivity index (χ3v) is 5.35. The van der Waals surface area contributed by atoms with Crippen molar-refractivity contribution in [3.63, 3.8) is 0 Å². The lowest BCUT2D eigenvalue weighted by Crippen LogP contribution is -2.14. The number of rotatable bonds is 8. The lowest BCUT2D eigenvalue weighted by molar-refractivity contribution is -0.114. The van der Waals surface area contributed by atoms with E-state index in [0.717, 1.165) is 17.0 Å². The molecule has 4 aromatic rings. The maximum absolute atomic E-state index is 12.3. The predicted octanol–water partition coefficient (Wildman–Crippen LogP) is 3.37. The quantitative estimate of drug-likeness (QED) is 0.401. The number of hydrogen-bond acceptors (Lipinski definition) is 9. The van der Waals surface area contributed by atoms with Gasteiger partial charge in [-0.3, -0.25) is 14.7 Å². The summed E-state index contributed by atoms with van der Waals surface area (Å²) in [5.41, 5.74) is 1.59. The molecule has 0 atom stereocenters. The Labute approximate surface area is 188 Å². The maximum atomic E-state index is 12.3. The molecule has 0 bridgehead atoms. The topological polar surface area (TPSA) is 117 Å². The molecule has 11 heteroatoms. The summed E-state index contributed by atoms with van der Waals surface area (Å²) in [6.07, 6.45) is 0. The Bertz CT molecular complexity index is 1220. The SMILES string of the molecule is COc1ccc(-n2c(SCC(=O)Nc3nc(C)no3)nnc2-c2ccccc2OC)cc1. The van der Waals surface area contributed by atoms with Gasteiger partial charge in [-0.1, -0.05) is 29.1 Å². The fraction of sp³-hybridized carbons (Fsp3) is 0.190. The van der Waals surface area contributed by atoms with Crippen molar-refractivity contribution in [3.8, 4) is 28.6 Å². The summed E-state index contributed by atoms with van der Waals surface area (Å²) in [5.74, 6) is 2.18. The van der Waals surface area contributed by atoms with Gasteiger partial charge in [-0.25, -0.2) is 0 Å². The number of nitrogens with one attached hydrogen (secondary N) is 1. The largest absolute Gasteiger partial charge is 0.497 e. The molecule has 2 aromatic heterocycles. The molecule has 0 spiro atoms. The molecule has 0 fully saturated rings. The number of aromatic nitrogens is 5. The number of aryl methyl sites for hydroxylation is 1. The van der Waals surface area contributed by atoms with Crippen molar-refractivity contribution in [2.75, 3.05) is 25.3 Å². The van der Waals surface area contributed by atoms with E-state index in [1.54, 1.807) is 21.1 Å². The van der Waals surface area contributed by atoms with Crippen LogP contribution in [0.3, 0.4) is 0 Å². The van der Waals surface area contributed by atoms with Gasteiger partial charge in [0.05, 0.1) is 31.2 Å². The van der Waals surface area contributed by atoms with E-state index in [0.29, 0.717) is 22.6 Å². The summed E-state index contributed by atoms with van der Waals surface area (Å²) in [7, 11) is 3.21. The van der Waals surface area contributed by atoms with Crippen molar-refractivity contribution >= 4 is 23.7 Å². The molecule has 164 valence electrons. The highest BCUT2D eigenvalue weighted by atomic mass is 32.2.